The predicted octanol–water partition coefficient (Wildman–Crippen LogP) is 3.50. The second-order valence-corrected chi connectivity index (χ2v) is 5.62. The van der Waals surface area contributed by atoms with Crippen molar-refractivity contribution in [2.24, 2.45) is 5.92 Å². The Balaban J connectivity index is 2.92. The van der Waals surface area contributed by atoms with Crippen LogP contribution in [0.15, 0.2) is 18.2 Å². The molecule has 1 rings (SSSR count). The van der Waals surface area contributed by atoms with Crippen molar-refractivity contribution in [2.45, 2.75) is 33.7 Å². The van der Waals surface area contributed by atoms with Crippen molar-refractivity contribution in [3.05, 3.63) is 33.9 Å². The second-order valence-electron chi connectivity index (χ2n) is 5.62. The van der Waals surface area contributed by atoms with Gasteiger partial charge in [0.2, 0.25) is 0 Å². The van der Waals surface area contributed by atoms with E-state index in [4.69, 9.17) is 0 Å². The SMILES string of the molecule is CCCNc1ccc([N+](=O)[O-])cc1CN(C)CC(C)C. The third-order valence-corrected chi connectivity index (χ3v) is 2.98. The molecule has 0 spiro atoms. The number of hydrogen-bond acceptors (Lipinski definition) is 4. The van der Waals surface area contributed by atoms with E-state index in [0.29, 0.717) is 12.5 Å². The average molecular weight is 279 g/mol. The Morgan fingerprint density at radius 2 is 2.10 bits per heavy atom. The molecule has 20 heavy (non-hydrogen) atoms. The molecule has 0 saturated carbocycles. The van der Waals surface area contributed by atoms with E-state index in [2.05, 4.69) is 31.0 Å². The van der Waals surface area contributed by atoms with E-state index < -0.39 is 0 Å². The number of nitrogens with one attached hydrogen (secondary N) is 1. The monoisotopic (exact) mass is 279 g/mol. The van der Waals surface area contributed by atoms with Crippen molar-refractivity contribution in [1.82, 2.24) is 4.90 Å². The molecule has 0 aromatic heterocycles. The fraction of sp³-hybridized carbons (Fsp3) is 0.600. The molecular weight excluding hydrogens is 254 g/mol. The van der Waals surface area contributed by atoms with Crippen molar-refractivity contribution in [1.29, 1.82) is 0 Å². The molecule has 0 amide bonds. The Bertz CT molecular complexity index is 447. The molecule has 0 heterocycles. The molecule has 5 nitrogen and oxygen atoms in total. The minimum absolute atomic E-state index is 0.153. The first-order valence-electron chi connectivity index (χ1n) is 7.13. The van der Waals surface area contributed by atoms with Gasteiger partial charge in [-0.25, -0.2) is 0 Å². The molecule has 0 fully saturated rings. The average Bonchev–Trinajstić information content (AvgIpc) is 2.35. The highest BCUT2D eigenvalue weighted by Gasteiger charge is 2.12. The highest BCUT2D eigenvalue weighted by atomic mass is 16.6. The number of anilines is 1. The minimum atomic E-state index is -0.338. The molecule has 0 aliphatic rings. The zero-order valence-electron chi connectivity index (χ0n) is 12.8. The van der Waals surface area contributed by atoms with E-state index in [0.717, 1.165) is 30.8 Å². The smallest absolute Gasteiger partial charge is 0.269 e. The van der Waals surface area contributed by atoms with Crippen molar-refractivity contribution < 1.29 is 4.92 Å². The largest absolute Gasteiger partial charge is 0.385 e. The standard InChI is InChI=1S/C15H25N3O2/c1-5-8-16-15-7-6-14(18(19)20)9-13(15)11-17(4)10-12(2)3/h6-7,9,12,16H,5,8,10-11H2,1-4H3. The Kier molecular flexibility index (Phi) is 6.45. The predicted molar refractivity (Wildman–Crippen MR) is 83.0 cm³/mol. The lowest BCUT2D eigenvalue weighted by Gasteiger charge is -2.21. The number of non-ortho nitro benzene ring substituents is 1. The molecular formula is C15H25N3O2. The molecule has 0 aliphatic heterocycles. The topological polar surface area (TPSA) is 58.4 Å². The van der Waals surface area contributed by atoms with Crippen LogP contribution in [0.3, 0.4) is 0 Å². The van der Waals surface area contributed by atoms with Crippen LogP contribution in [-0.4, -0.2) is 30.0 Å². The van der Waals surface area contributed by atoms with Gasteiger partial charge in [0.15, 0.2) is 0 Å². The first kappa shape index (κ1) is 16.4. The van der Waals surface area contributed by atoms with E-state index in [1.165, 1.54) is 0 Å². The summed E-state index contributed by atoms with van der Waals surface area (Å²) in [4.78, 5) is 12.8. The van der Waals surface area contributed by atoms with Crippen molar-refractivity contribution in [3.8, 4) is 0 Å². The first-order chi connectivity index (χ1) is 9.43. The van der Waals surface area contributed by atoms with Gasteiger partial charge in [-0.3, -0.25) is 10.1 Å². The number of nitro groups is 1. The quantitative estimate of drug-likeness (QED) is 0.584. The summed E-state index contributed by atoms with van der Waals surface area (Å²) < 4.78 is 0. The van der Waals surface area contributed by atoms with Gasteiger partial charge in [-0.1, -0.05) is 20.8 Å². The third-order valence-electron chi connectivity index (χ3n) is 2.98. The number of hydrogen-bond donors (Lipinski definition) is 1. The van der Waals surface area contributed by atoms with Gasteiger partial charge in [0.25, 0.3) is 5.69 Å². The summed E-state index contributed by atoms with van der Waals surface area (Å²) in [5.74, 6) is 0.575. The molecule has 0 saturated heterocycles. The second kappa shape index (κ2) is 7.85. The van der Waals surface area contributed by atoms with E-state index in [-0.39, 0.29) is 10.6 Å². The lowest BCUT2D eigenvalue weighted by Crippen LogP contribution is -2.23. The number of rotatable bonds is 8. The summed E-state index contributed by atoms with van der Waals surface area (Å²) in [5, 5.41) is 14.3. The first-order valence-corrected chi connectivity index (χ1v) is 7.13. The van der Waals surface area contributed by atoms with Crippen molar-refractivity contribution in [3.63, 3.8) is 0 Å². The van der Waals surface area contributed by atoms with Crippen LogP contribution in [0.1, 0.15) is 32.8 Å². The van der Waals surface area contributed by atoms with Crippen LogP contribution in [0, 0.1) is 16.0 Å². The lowest BCUT2D eigenvalue weighted by atomic mass is 10.1. The highest BCUT2D eigenvalue weighted by molar-refractivity contribution is 5.56. The Morgan fingerprint density at radius 1 is 1.40 bits per heavy atom. The van der Waals surface area contributed by atoms with E-state index >= 15 is 0 Å². The van der Waals surface area contributed by atoms with Crippen LogP contribution >= 0.6 is 0 Å². The molecule has 1 aromatic carbocycles. The van der Waals surface area contributed by atoms with Gasteiger partial charge in [0, 0.05) is 37.5 Å². The Labute approximate surface area is 121 Å². The van der Waals surface area contributed by atoms with Crippen LogP contribution in [0.5, 0.6) is 0 Å². The van der Waals surface area contributed by atoms with E-state index in [9.17, 15) is 10.1 Å². The van der Waals surface area contributed by atoms with Gasteiger partial charge in [0.1, 0.15) is 0 Å². The number of nitro benzene ring substituents is 1. The van der Waals surface area contributed by atoms with Gasteiger partial charge in [-0.15, -0.1) is 0 Å². The summed E-state index contributed by atoms with van der Waals surface area (Å²) in [6.45, 7) is 8.99. The fourth-order valence-electron chi connectivity index (χ4n) is 2.24. The molecule has 0 radical (unpaired) electrons. The van der Waals surface area contributed by atoms with Crippen LogP contribution in [-0.2, 0) is 6.54 Å². The fourth-order valence-corrected chi connectivity index (χ4v) is 2.24. The normalized spacial score (nSPS) is 11.1. The van der Waals surface area contributed by atoms with Gasteiger partial charge in [-0.2, -0.15) is 0 Å². The minimum Gasteiger partial charge on any atom is -0.385 e. The van der Waals surface area contributed by atoms with Crippen LogP contribution < -0.4 is 5.32 Å². The number of benzene rings is 1. The lowest BCUT2D eigenvalue weighted by molar-refractivity contribution is -0.384. The molecule has 0 bridgehead atoms. The molecule has 0 atom stereocenters. The maximum absolute atomic E-state index is 10.9. The molecule has 0 aliphatic carbocycles. The van der Waals surface area contributed by atoms with Gasteiger partial charge in [0.05, 0.1) is 4.92 Å². The molecule has 0 unspecified atom stereocenters. The van der Waals surface area contributed by atoms with E-state index in [1.54, 1.807) is 12.1 Å². The summed E-state index contributed by atoms with van der Waals surface area (Å²) in [7, 11) is 2.04. The maximum atomic E-state index is 10.9. The molecule has 5 heteroatoms. The van der Waals surface area contributed by atoms with Crippen LogP contribution in [0.2, 0.25) is 0 Å². The summed E-state index contributed by atoms with van der Waals surface area (Å²) >= 11 is 0. The zero-order chi connectivity index (χ0) is 15.1. The van der Waals surface area contributed by atoms with Gasteiger partial charge in [-0.05, 0) is 31.0 Å². The maximum Gasteiger partial charge on any atom is 0.269 e. The highest BCUT2D eigenvalue weighted by Crippen LogP contribution is 2.23. The van der Waals surface area contributed by atoms with Gasteiger partial charge < -0.3 is 10.2 Å². The Hall–Kier alpha value is -1.62. The van der Waals surface area contributed by atoms with E-state index in [1.807, 2.05) is 13.1 Å². The molecule has 1 aromatic rings. The van der Waals surface area contributed by atoms with Crippen molar-refractivity contribution in [2.75, 3.05) is 25.5 Å². The summed E-state index contributed by atoms with van der Waals surface area (Å²) in [6.07, 6.45) is 1.03. The number of nitrogens with zero attached hydrogens (tertiary/aromatic N) is 2. The van der Waals surface area contributed by atoms with Crippen LogP contribution in [0.4, 0.5) is 11.4 Å². The Morgan fingerprint density at radius 3 is 2.65 bits per heavy atom. The third kappa shape index (κ3) is 5.17. The molecule has 112 valence electrons. The van der Waals surface area contributed by atoms with Gasteiger partial charge >= 0.3 is 0 Å². The molecule has 1 N–H and O–H groups in total. The zero-order valence-corrected chi connectivity index (χ0v) is 12.8. The summed E-state index contributed by atoms with van der Waals surface area (Å²) in [5.41, 5.74) is 2.13. The van der Waals surface area contributed by atoms with Crippen molar-refractivity contribution >= 4 is 11.4 Å². The summed E-state index contributed by atoms with van der Waals surface area (Å²) in [6, 6.07) is 5.05. The van der Waals surface area contributed by atoms with Crippen LogP contribution in [0.25, 0.3) is 0 Å².